The Balaban J connectivity index is 2.57. The summed E-state index contributed by atoms with van der Waals surface area (Å²) in [5, 5.41) is 20.8. The zero-order valence-electron chi connectivity index (χ0n) is 9.95. The highest BCUT2D eigenvalue weighted by atomic mass is 35.5. The summed E-state index contributed by atoms with van der Waals surface area (Å²) in [5.41, 5.74) is 0.594. The number of rotatable bonds is 6. The van der Waals surface area contributed by atoms with E-state index in [1.54, 1.807) is 6.07 Å². The Hall–Kier alpha value is -0.580. The van der Waals surface area contributed by atoms with Gasteiger partial charge in [0.1, 0.15) is 0 Å². The molecule has 0 amide bonds. The molecule has 1 heterocycles. The van der Waals surface area contributed by atoms with Gasteiger partial charge in [-0.1, -0.05) is 49.9 Å². The molecular formula is C11H17Cl2N3O. The summed E-state index contributed by atoms with van der Waals surface area (Å²) in [6.07, 6.45) is 1.48. The van der Waals surface area contributed by atoms with Crippen LogP contribution in [-0.4, -0.2) is 28.0 Å². The number of hydrogen-bond donors (Lipinski definition) is 2. The molecule has 6 heteroatoms. The first-order valence-electron chi connectivity index (χ1n) is 5.69. The first-order valence-corrected chi connectivity index (χ1v) is 6.44. The zero-order chi connectivity index (χ0) is 12.8. The van der Waals surface area contributed by atoms with Gasteiger partial charge in [-0.2, -0.15) is 0 Å². The van der Waals surface area contributed by atoms with Crippen LogP contribution in [0.3, 0.4) is 0 Å². The number of aliphatic hydroxyl groups is 1. The predicted molar refractivity (Wildman–Crippen MR) is 70.6 cm³/mol. The van der Waals surface area contributed by atoms with E-state index in [1.807, 2.05) is 0 Å². The molecule has 0 aromatic carbocycles. The second-order valence-corrected chi connectivity index (χ2v) is 4.64. The number of aromatic nitrogens is 2. The first kappa shape index (κ1) is 14.5. The van der Waals surface area contributed by atoms with Gasteiger partial charge in [0.2, 0.25) is 0 Å². The third-order valence-electron chi connectivity index (χ3n) is 2.81. The van der Waals surface area contributed by atoms with Gasteiger partial charge in [-0.25, -0.2) is 0 Å². The zero-order valence-corrected chi connectivity index (χ0v) is 11.5. The lowest BCUT2D eigenvalue weighted by Crippen LogP contribution is -2.27. The van der Waals surface area contributed by atoms with Crippen molar-refractivity contribution >= 4 is 28.9 Å². The molecule has 0 aliphatic rings. The van der Waals surface area contributed by atoms with Crippen LogP contribution in [-0.2, 0) is 0 Å². The summed E-state index contributed by atoms with van der Waals surface area (Å²) in [7, 11) is 0. The smallest absolute Gasteiger partial charge is 0.174 e. The van der Waals surface area contributed by atoms with Crippen LogP contribution in [0.2, 0.25) is 10.3 Å². The second-order valence-electron chi connectivity index (χ2n) is 3.90. The van der Waals surface area contributed by atoms with E-state index in [4.69, 9.17) is 23.2 Å². The number of nitrogens with zero attached hydrogens (tertiary/aromatic N) is 2. The van der Waals surface area contributed by atoms with Gasteiger partial charge in [-0.15, -0.1) is 10.2 Å². The van der Waals surface area contributed by atoms with Crippen molar-refractivity contribution in [1.82, 2.24) is 10.2 Å². The fraction of sp³-hybridized carbons (Fsp3) is 0.636. The minimum atomic E-state index is -0.409. The standard InChI is InChI=1S/C11H17Cl2N3O/c1-3-7(4-2)9(17)6-14-8-5-10(12)15-16-11(8)13/h5,7,9,17H,3-4,6H2,1-2H3,(H,14,15). The van der Waals surface area contributed by atoms with Crippen molar-refractivity contribution in [1.29, 1.82) is 0 Å². The van der Waals surface area contributed by atoms with Gasteiger partial charge >= 0.3 is 0 Å². The van der Waals surface area contributed by atoms with Gasteiger partial charge in [0.25, 0.3) is 0 Å². The summed E-state index contributed by atoms with van der Waals surface area (Å²) in [5.74, 6) is 0.284. The van der Waals surface area contributed by atoms with Crippen molar-refractivity contribution in [2.24, 2.45) is 5.92 Å². The molecule has 1 aromatic heterocycles. The molecule has 0 saturated carbocycles. The van der Waals surface area contributed by atoms with E-state index in [-0.39, 0.29) is 16.2 Å². The lowest BCUT2D eigenvalue weighted by Gasteiger charge is -2.20. The van der Waals surface area contributed by atoms with Crippen LogP contribution in [0, 0.1) is 5.92 Å². The molecule has 0 aliphatic heterocycles. The fourth-order valence-electron chi connectivity index (χ4n) is 1.69. The molecule has 4 nitrogen and oxygen atoms in total. The van der Waals surface area contributed by atoms with Crippen molar-refractivity contribution in [2.75, 3.05) is 11.9 Å². The Labute approximate surface area is 111 Å². The van der Waals surface area contributed by atoms with Crippen LogP contribution in [0.25, 0.3) is 0 Å². The Morgan fingerprint density at radius 1 is 1.29 bits per heavy atom. The van der Waals surface area contributed by atoms with Crippen LogP contribution < -0.4 is 5.32 Å². The lowest BCUT2D eigenvalue weighted by atomic mass is 9.96. The van der Waals surface area contributed by atoms with Crippen molar-refractivity contribution in [3.05, 3.63) is 16.4 Å². The molecule has 0 radical (unpaired) electrons. The molecule has 96 valence electrons. The van der Waals surface area contributed by atoms with E-state index in [1.165, 1.54) is 0 Å². The maximum Gasteiger partial charge on any atom is 0.174 e. The molecule has 1 rings (SSSR count). The molecule has 0 saturated heterocycles. The highest BCUT2D eigenvalue weighted by Gasteiger charge is 2.15. The molecule has 0 aliphatic carbocycles. The molecule has 0 spiro atoms. The topological polar surface area (TPSA) is 58.0 Å². The van der Waals surface area contributed by atoms with E-state index < -0.39 is 6.10 Å². The Morgan fingerprint density at radius 3 is 2.53 bits per heavy atom. The van der Waals surface area contributed by atoms with Crippen LogP contribution >= 0.6 is 23.2 Å². The predicted octanol–water partition coefficient (Wildman–Crippen LogP) is 2.99. The Morgan fingerprint density at radius 2 is 1.94 bits per heavy atom. The van der Waals surface area contributed by atoms with Crippen molar-refractivity contribution < 1.29 is 5.11 Å². The maximum atomic E-state index is 9.96. The SMILES string of the molecule is CCC(CC)C(O)CNc1cc(Cl)nnc1Cl. The minimum Gasteiger partial charge on any atom is -0.391 e. The molecule has 0 bridgehead atoms. The van der Waals surface area contributed by atoms with Crippen molar-refractivity contribution in [3.8, 4) is 0 Å². The molecule has 1 aromatic rings. The highest BCUT2D eigenvalue weighted by Crippen LogP contribution is 2.21. The lowest BCUT2D eigenvalue weighted by molar-refractivity contribution is 0.114. The minimum absolute atomic E-state index is 0.256. The van der Waals surface area contributed by atoms with Gasteiger partial charge in [-0.3, -0.25) is 0 Å². The van der Waals surface area contributed by atoms with Gasteiger partial charge < -0.3 is 10.4 Å². The Kier molecular flexibility index (Phi) is 5.95. The summed E-state index contributed by atoms with van der Waals surface area (Å²) >= 11 is 11.6. The van der Waals surface area contributed by atoms with Gasteiger partial charge in [0.15, 0.2) is 10.3 Å². The average Bonchev–Trinajstić information content (AvgIpc) is 2.32. The first-order chi connectivity index (χ1) is 8.08. The number of hydrogen-bond acceptors (Lipinski definition) is 4. The number of anilines is 1. The van der Waals surface area contributed by atoms with E-state index in [0.29, 0.717) is 12.2 Å². The van der Waals surface area contributed by atoms with Crippen molar-refractivity contribution in [2.45, 2.75) is 32.8 Å². The molecule has 1 unspecified atom stereocenters. The van der Waals surface area contributed by atoms with Gasteiger partial charge in [-0.05, 0) is 5.92 Å². The van der Waals surface area contributed by atoms with E-state index in [0.717, 1.165) is 12.8 Å². The van der Waals surface area contributed by atoms with Gasteiger partial charge in [0, 0.05) is 12.6 Å². The summed E-state index contributed by atoms with van der Waals surface area (Å²) in [6.45, 7) is 4.55. The molecular weight excluding hydrogens is 261 g/mol. The molecule has 1 atom stereocenters. The van der Waals surface area contributed by atoms with E-state index in [2.05, 4.69) is 29.4 Å². The fourth-order valence-corrected chi connectivity index (χ4v) is 2.00. The average molecular weight is 278 g/mol. The monoisotopic (exact) mass is 277 g/mol. The highest BCUT2D eigenvalue weighted by molar-refractivity contribution is 6.33. The third-order valence-corrected chi connectivity index (χ3v) is 3.28. The van der Waals surface area contributed by atoms with Gasteiger partial charge in [0.05, 0.1) is 11.8 Å². The third kappa shape index (κ3) is 4.30. The quantitative estimate of drug-likeness (QED) is 0.839. The van der Waals surface area contributed by atoms with Crippen LogP contribution in [0.5, 0.6) is 0 Å². The Bertz CT molecular complexity index is 359. The molecule has 17 heavy (non-hydrogen) atoms. The second kappa shape index (κ2) is 6.99. The molecule has 2 N–H and O–H groups in total. The summed E-state index contributed by atoms with van der Waals surface area (Å²) in [6, 6.07) is 1.59. The van der Waals surface area contributed by atoms with Crippen LogP contribution in [0.4, 0.5) is 5.69 Å². The summed E-state index contributed by atoms with van der Waals surface area (Å²) < 4.78 is 0. The van der Waals surface area contributed by atoms with Crippen LogP contribution in [0.15, 0.2) is 6.07 Å². The summed E-state index contributed by atoms with van der Waals surface area (Å²) in [4.78, 5) is 0. The number of nitrogens with one attached hydrogen (secondary N) is 1. The van der Waals surface area contributed by atoms with Crippen LogP contribution in [0.1, 0.15) is 26.7 Å². The maximum absolute atomic E-state index is 9.96. The van der Waals surface area contributed by atoms with E-state index >= 15 is 0 Å². The van der Waals surface area contributed by atoms with E-state index in [9.17, 15) is 5.11 Å². The number of halogens is 2. The largest absolute Gasteiger partial charge is 0.391 e. The normalized spacial score (nSPS) is 12.8. The van der Waals surface area contributed by atoms with Crippen molar-refractivity contribution in [3.63, 3.8) is 0 Å². The number of aliphatic hydroxyl groups excluding tert-OH is 1. The molecule has 0 fully saturated rings.